The van der Waals surface area contributed by atoms with Gasteiger partial charge in [0, 0.05) is 0 Å². The van der Waals surface area contributed by atoms with Gasteiger partial charge in [-0.25, -0.2) is 0 Å². The molecule has 8 heavy (non-hydrogen) atoms. The van der Waals surface area contributed by atoms with Crippen molar-refractivity contribution in [3.05, 3.63) is 0 Å². The lowest BCUT2D eigenvalue weighted by Gasteiger charge is -2.07. The van der Waals surface area contributed by atoms with Gasteiger partial charge in [-0.1, -0.05) is 0 Å². The first-order valence-corrected chi connectivity index (χ1v) is 3.07. The summed E-state index contributed by atoms with van der Waals surface area (Å²) in [6.45, 7) is 0. The van der Waals surface area contributed by atoms with Gasteiger partial charge in [-0.05, 0) is 19.3 Å². The molecule has 1 aliphatic heterocycles. The van der Waals surface area contributed by atoms with Gasteiger partial charge in [-0.15, -0.1) is 0 Å². The Bertz CT molecular complexity index is 130. The van der Waals surface area contributed by atoms with Gasteiger partial charge in [0.2, 0.25) is 0 Å². The molecule has 0 amide bonds. The highest BCUT2D eigenvalue weighted by molar-refractivity contribution is 5.75. The molecule has 0 spiro atoms. The summed E-state index contributed by atoms with van der Waals surface area (Å²) >= 11 is 0. The van der Waals surface area contributed by atoms with E-state index in [4.69, 9.17) is 4.74 Å². The van der Waals surface area contributed by atoms with Crippen molar-refractivity contribution in [2.24, 2.45) is 5.92 Å². The molecule has 1 saturated heterocycles. The fraction of sp³-hybridized carbons (Fsp3) is 0.833. The van der Waals surface area contributed by atoms with Crippen LogP contribution in [0.2, 0.25) is 0 Å². The van der Waals surface area contributed by atoms with Crippen LogP contribution >= 0.6 is 0 Å². The first-order valence-electron chi connectivity index (χ1n) is 3.07. The second-order valence-corrected chi connectivity index (χ2v) is 2.57. The van der Waals surface area contributed by atoms with Gasteiger partial charge < -0.3 is 4.74 Å². The highest BCUT2D eigenvalue weighted by atomic mass is 16.6. The summed E-state index contributed by atoms with van der Waals surface area (Å²) in [7, 11) is 0. The van der Waals surface area contributed by atoms with Crippen molar-refractivity contribution in [1.29, 1.82) is 0 Å². The number of hydrogen-bond donors (Lipinski definition) is 0. The van der Waals surface area contributed by atoms with Gasteiger partial charge in [-0.3, -0.25) is 4.79 Å². The first kappa shape index (κ1) is 4.36. The predicted octanol–water partition coefficient (Wildman–Crippen LogP) is 0.712. The zero-order chi connectivity index (χ0) is 5.56. The van der Waals surface area contributed by atoms with Crippen LogP contribution in [0, 0.1) is 5.92 Å². The van der Waals surface area contributed by atoms with Crippen LogP contribution < -0.4 is 0 Å². The van der Waals surface area contributed by atoms with Crippen molar-refractivity contribution in [3.8, 4) is 0 Å². The summed E-state index contributed by atoms with van der Waals surface area (Å²) in [5.74, 6) is 0.321. The average Bonchev–Trinajstić information content (AvgIpc) is 2.23. The fourth-order valence-electron chi connectivity index (χ4n) is 1.52. The van der Waals surface area contributed by atoms with Gasteiger partial charge >= 0.3 is 5.97 Å². The summed E-state index contributed by atoms with van der Waals surface area (Å²) in [5, 5.41) is 0. The lowest BCUT2D eigenvalue weighted by Crippen LogP contribution is -2.13. The van der Waals surface area contributed by atoms with Crippen LogP contribution in [0.1, 0.15) is 19.3 Å². The lowest BCUT2D eigenvalue weighted by atomic mass is 10.1. The van der Waals surface area contributed by atoms with E-state index >= 15 is 0 Å². The van der Waals surface area contributed by atoms with E-state index in [1.807, 2.05) is 0 Å². The minimum absolute atomic E-state index is 0.0428. The molecule has 1 heterocycles. The topological polar surface area (TPSA) is 26.3 Å². The van der Waals surface area contributed by atoms with Crippen molar-refractivity contribution >= 4 is 5.97 Å². The first-order chi connectivity index (χ1) is 3.86. The van der Waals surface area contributed by atoms with Crippen molar-refractivity contribution in [2.45, 2.75) is 25.4 Å². The van der Waals surface area contributed by atoms with Crippen molar-refractivity contribution < 1.29 is 9.53 Å². The van der Waals surface area contributed by atoms with Gasteiger partial charge in [0.05, 0.1) is 5.92 Å². The maximum atomic E-state index is 10.6. The molecule has 44 valence electrons. The second kappa shape index (κ2) is 1.24. The smallest absolute Gasteiger partial charge is 0.309 e. The Balaban J connectivity index is 2.22. The van der Waals surface area contributed by atoms with Crippen LogP contribution in [0.25, 0.3) is 0 Å². The molecule has 0 aromatic heterocycles. The molecule has 2 aliphatic rings. The average molecular weight is 112 g/mol. The highest BCUT2D eigenvalue weighted by Gasteiger charge is 2.40. The maximum Gasteiger partial charge on any atom is 0.309 e. The number of ether oxygens (including phenoxy) is 1. The zero-order valence-electron chi connectivity index (χ0n) is 4.59. The normalized spacial score (nSPS) is 42.8. The molecule has 0 aromatic rings. The number of carbonyl (C=O) groups excluding carboxylic acids is 1. The van der Waals surface area contributed by atoms with E-state index in [9.17, 15) is 4.79 Å². The maximum absolute atomic E-state index is 10.6. The summed E-state index contributed by atoms with van der Waals surface area (Å²) < 4.78 is 4.92. The van der Waals surface area contributed by atoms with Crippen molar-refractivity contribution in [3.63, 3.8) is 0 Å². The number of fused-ring (bicyclic) bond motifs is 2. The molecular formula is C6H8O2. The fourth-order valence-corrected chi connectivity index (χ4v) is 1.52. The Labute approximate surface area is 47.8 Å². The van der Waals surface area contributed by atoms with E-state index < -0.39 is 0 Å². The van der Waals surface area contributed by atoms with Gasteiger partial charge in [0.1, 0.15) is 6.10 Å². The zero-order valence-corrected chi connectivity index (χ0v) is 4.59. The van der Waals surface area contributed by atoms with E-state index in [1.54, 1.807) is 0 Å². The molecule has 2 heteroatoms. The summed E-state index contributed by atoms with van der Waals surface area (Å²) in [4.78, 5) is 10.6. The molecule has 0 aromatic carbocycles. The molecule has 2 atom stereocenters. The van der Waals surface area contributed by atoms with Gasteiger partial charge in [-0.2, -0.15) is 0 Å². The minimum atomic E-state index is 0.0428. The standard InChI is InChI=1S/C6H8O2/c7-6-4-1-2-5(3-4)8-6/h4-5H,1-3H2. The van der Waals surface area contributed by atoms with Crippen molar-refractivity contribution in [1.82, 2.24) is 0 Å². The third kappa shape index (κ3) is 0.403. The lowest BCUT2D eigenvalue weighted by molar-refractivity contribution is -0.147. The molecule has 1 aliphatic carbocycles. The molecule has 2 nitrogen and oxygen atoms in total. The third-order valence-corrected chi connectivity index (χ3v) is 2.00. The number of carbonyl (C=O) groups is 1. The van der Waals surface area contributed by atoms with E-state index in [0.717, 1.165) is 19.3 Å². The van der Waals surface area contributed by atoms with E-state index in [1.165, 1.54) is 0 Å². The Morgan fingerprint density at radius 2 is 2.38 bits per heavy atom. The molecule has 2 bridgehead atoms. The van der Waals surface area contributed by atoms with Crippen LogP contribution in [0.4, 0.5) is 0 Å². The minimum Gasteiger partial charge on any atom is -0.462 e. The molecule has 0 radical (unpaired) electrons. The third-order valence-electron chi connectivity index (χ3n) is 2.00. The summed E-state index contributed by atoms with van der Waals surface area (Å²) in [6, 6.07) is 0. The number of esters is 1. The van der Waals surface area contributed by atoms with Gasteiger partial charge in [0.25, 0.3) is 0 Å². The van der Waals surface area contributed by atoms with Gasteiger partial charge in [0.15, 0.2) is 0 Å². The van der Waals surface area contributed by atoms with E-state index in [2.05, 4.69) is 0 Å². The number of hydrogen-bond acceptors (Lipinski definition) is 2. The largest absolute Gasteiger partial charge is 0.462 e. The molecule has 1 saturated carbocycles. The Kier molecular flexibility index (Phi) is 0.678. The van der Waals surface area contributed by atoms with Crippen LogP contribution in [0.5, 0.6) is 0 Å². The molecule has 0 N–H and O–H groups in total. The van der Waals surface area contributed by atoms with E-state index in [0.29, 0.717) is 6.10 Å². The Hall–Kier alpha value is -0.530. The Morgan fingerprint density at radius 3 is 2.62 bits per heavy atom. The Morgan fingerprint density at radius 1 is 1.50 bits per heavy atom. The van der Waals surface area contributed by atoms with Crippen molar-refractivity contribution in [2.75, 3.05) is 0 Å². The monoisotopic (exact) mass is 112 g/mol. The molecular weight excluding hydrogens is 104 g/mol. The second-order valence-electron chi connectivity index (χ2n) is 2.57. The number of rotatable bonds is 0. The SMILES string of the molecule is O=C1OC2CCC1C2. The van der Waals surface area contributed by atoms with Crippen LogP contribution in [-0.4, -0.2) is 12.1 Å². The summed E-state index contributed by atoms with van der Waals surface area (Å²) in [6.07, 6.45) is 3.48. The molecule has 2 rings (SSSR count). The van der Waals surface area contributed by atoms with E-state index in [-0.39, 0.29) is 11.9 Å². The van der Waals surface area contributed by atoms with Crippen LogP contribution in [0.15, 0.2) is 0 Å². The summed E-state index contributed by atoms with van der Waals surface area (Å²) in [5.41, 5.74) is 0. The highest BCUT2D eigenvalue weighted by Crippen LogP contribution is 2.35. The molecule has 2 fully saturated rings. The van der Waals surface area contributed by atoms with Crippen LogP contribution in [-0.2, 0) is 9.53 Å². The van der Waals surface area contributed by atoms with Crippen LogP contribution in [0.3, 0.4) is 0 Å². The molecule has 2 unspecified atom stereocenters. The predicted molar refractivity (Wildman–Crippen MR) is 27.2 cm³/mol. The quantitative estimate of drug-likeness (QED) is 0.431.